The molecule has 1 rings (SSSR count). The van der Waals surface area contributed by atoms with E-state index in [-0.39, 0.29) is 18.2 Å². The average molecular weight is 310 g/mol. The first kappa shape index (κ1) is 17.6. The fraction of sp³-hybridized carbons (Fsp3) is 0.533. The highest BCUT2D eigenvalue weighted by molar-refractivity contribution is 7.88. The molecule has 0 radical (unpaired) electrons. The highest BCUT2D eigenvalue weighted by Gasteiger charge is 2.24. The molecular weight excluding hydrogens is 288 g/mol. The number of hydrogen-bond donors (Lipinski definition) is 2. The van der Waals surface area contributed by atoms with Crippen molar-refractivity contribution in [3.05, 3.63) is 35.4 Å². The summed E-state index contributed by atoms with van der Waals surface area (Å²) >= 11 is 0. The zero-order valence-corrected chi connectivity index (χ0v) is 13.4. The maximum atomic E-state index is 12.0. The SMILES string of the molecule is CC(C)CC(C)(O)CNS(=O)(=O)Cc1ccc(C#N)cc1. The molecule has 0 saturated heterocycles. The van der Waals surface area contributed by atoms with Crippen LogP contribution in [0.5, 0.6) is 0 Å². The van der Waals surface area contributed by atoms with Crippen molar-refractivity contribution in [1.29, 1.82) is 5.26 Å². The van der Waals surface area contributed by atoms with Crippen LogP contribution in [0.15, 0.2) is 24.3 Å². The number of hydrogen-bond acceptors (Lipinski definition) is 4. The number of nitrogens with one attached hydrogen (secondary N) is 1. The molecule has 0 spiro atoms. The summed E-state index contributed by atoms with van der Waals surface area (Å²) in [5, 5.41) is 18.8. The fourth-order valence-electron chi connectivity index (χ4n) is 2.16. The van der Waals surface area contributed by atoms with Gasteiger partial charge < -0.3 is 5.11 Å². The smallest absolute Gasteiger partial charge is 0.215 e. The van der Waals surface area contributed by atoms with Gasteiger partial charge in [0.1, 0.15) is 0 Å². The lowest BCUT2D eigenvalue weighted by molar-refractivity contribution is 0.0436. The molecule has 6 heteroatoms. The van der Waals surface area contributed by atoms with Crippen LogP contribution >= 0.6 is 0 Å². The minimum absolute atomic E-state index is 0.0101. The highest BCUT2D eigenvalue weighted by Crippen LogP contribution is 2.16. The normalized spacial score (nSPS) is 14.7. The zero-order chi connectivity index (χ0) is 16.1. The van der Waals surface area contributed by atoms with Gasteiger partial charge in [-0.2, -0.15) is 5.26 Å². The monoisotopic (exact) mass is 310 g/mol. The Bertz CT molecular complexity index is 599. The van der Waals surface area contributed by atoms with E-state index in [1.807, 2.05) is 19.9 Å². The molecule has 1 aromatic carbocycles. The summed E-state index contributed by atoms with van der Waals surface area (Å²) in [4.78, 5) is 0. The molecule has 0 bridgehead atoms. The predicted octanol–water partition coefficient (Wildman–Crippen LogP) is 1.77. The summed E-state index contributed by atoms with van der Waals surface area (Å²) in [7, 11) is -3.52. The van der Waals surface area contributed by atoms with Crippen LogP contribution in [0.4, 0.5) is 0 Å². The first-order valence-corrected chi connectivity index (χ1v) is 8.47. The van der Waals surface area contributed by atoms with Crippen LogP contribution in [0.2, 0.25) is 0 Å². The number of benzene rings is 1. The number of sulfonamides is 1. The molecule has 0 fully saturated rings. The van der Waals surface area contributed by atoms with Gasteiger partial charge in [0, 0.05) is 6.54 Å². The summed E-state index contributed by atoms with van der Waals surface area (Å²) in [6, 6.07) is 8.38. The van der Waals surface area contributed by atoms with E-state index in [1.165, 1.54) is 0 Å². The molecule has 0 aliphatic heterocycles. The van der Waals surface area contributed by atoms with Crippen molar-refractivity contribution in [3.8, 4) is 6.07 Å². The molecule has 0 aliphatic carbocycles. The summed E-state index contributed by atoms with van der Waals surface area (Å²) < 4.78 is 26.4. The summed E-state index contributed by atoms with van der Waals surface area (Å²) in [5.74, 6) is 0.110. The van der Waals surface area contributed by atoms with Crippen molar-refractivity contribution >= 4 is 10.0 Å². The molecule has 21 heavy (non-hydrogen) atoms. The van der Waals surface area contributed by atoms with Crippen LogP contribution in [-0.2, 0) is 15.8 Å². The van der Waals surface area contributed by atoms with Gasteiger partial charge in [0.2, 0.25) is 10.0 Å². The van der Waals surface area contributed by atoms with Crippen LogP contribution in [0.3, 0.4) is 0 Å². The Balaban J connectivity index is 2.63. The summed E-state index contributed by atoms with van der Waals surface area (Å²) in [6.07, 6.45) is 0.520. The quantitative estimate of drug-likeness (QED) is 0.803. The molecule has 116 valence electrons. The predicted molar refractivity (Wildman–Crippen MR) is 81.9 cm³/mol. The van der Waals surface area contributed by atoms with E-state index in [1.54, 1.807) is 31.2 Å². The minimum Gasteiger partial charge on any atom is -0.389 e. The Morgan fingerprint density at radius 3 is 2.38 bits per heavy atom. The number of rotatable bonds is 7. The van der Waals surface area contributed by atoms with Crippen molar-refractivity contribution in [2.24, 2.45) is 5.92 Å². The van der Waals surface area contributed by atoms with Gasteiger partial charge in [0.25, 0.3) is 0 Å². The Morgan fingerprint density at radius 1 is 1.33 bits per heavy atom. The first-order valence-electron chi connectivity index (χ1n) is 6.82. The Labute approximate surface area is 126 Å². The molecule has 1 aromatic rings. The van der Waals surface area contributed by atoms with Crippen LogP contribution in [0.25, 0.3) is 0 Å². The van der Waals surface area contributed by atoms with Gasteiger partial charge in [-0.15, -0.1) is 0 Å². The molecule has 1 atom stereocenters. The number of aliphatic hydroxyl groups is 1. The van der Waals surface area contributed by atoms with Crippen molar-refractivity contribution in [2.75, 3.05) is 6.54 Å². The Kier molecular flexibility index (Phi) is 5.90. The van der Waals surface area contributed by atoms with Crippen molar-refractivity contribution in [2.45, 2.75) is 38.5 Å². The van der Waals surface area contributed by atoms with Crippen LogP contribution in [0.1, 0.15) is 38.3 Å². The molecule has 0 heterocycles. The van der Waals surface area contributed by atoms with Gasteiger partial charge in [-0.05, 0) is 37.0 Å². The maximum absolute atomic E-state index is 12.0. The van der Waals surface area contributed by atoms with Crippen molar-refractivity contribution in [1.82, 2.24) is 4.72 Å². The lowest BCUT2D eigenvalue weighted by Crippen LogP contribution is -2.41. The van der Waals surface area contributed by atoms with Gasteiger partial charge >= 0.3 is 0 Å². The Morgan fingerprint density at radius 2 is 1.90 bits per heavy atom. The van der Waals surface area contributed by atoms with Gasteiger partial charge in [0.05, 0.1) is 23.0 Å². The second-order valence-corrected chi connectivity index (χ2v) is 7.79. The van der Waals surface area contributed by atoms with E-state index in [0.29, 0.717) is 17.5 Å². The van der Waals surface area contributed by atoms with Gasteiger partial charge in [-0.25, -0.2) is 13.1 Å². The highest BCUT2D eigenvalue weighted by atomic mass is 32.2. The second-order valence-electron chi connectivity index (χ2n) is 5.98. The summed E-state index contributed by atoms with van der Waals surface area (Å²) in [5.41, 5.74) is 0.0281. The van der Waals surface area contributed by atoms with Gasteiger partial charge in [-0.1, -0.05) is 26.0 Å². The number of nitriles is 1. The summed E-state index contributed by atoms with van der Waals surface area (Å²) in [6.45, 7) is 5.56. The Hall–Kier alpha value is -1.42. The van der Waals surface area contributed by atoms with E-state index in [9.17, 15) is 13.5 Å². The number of nitrogens with zero attached hydrogens (tertiary/aromatic N) is 1. The molecule has 0 aromatic heterocycles. The van der Waals surface area contributed by atoms with E-state index in [0.717, 1.165) is 0 Å². The second kappa shape index (κ2) is 7.03. The van der Waals surface area contributed by atoms with Gasteiger partial charge in [0.15, 0.2) is 0 Å². The van der Waals surface area contributed by atoms with E-state index in [4.69, 9.17) is 5.26 Å². The average Bonchev–Trinajstić information content (AvgIpc) is 2.36. The van der Waals surface area contributed by atoms with Crippen molar-refractivity contribution < 1.29 is 13.5 Å². The maximum Gasteiger partial charge on any atom is 0.215 e. The zero-order valence-electron chi connectivity index (χ0n) is 12.6. The van der Waals surface area contributed by atoms with Crippen molar-refractivity contribution in [3.63, 3.8) is 0 Å². The van der Waals surface area contributed by atoms with Gasteiger partial charge in [-0.3, -0.25) is 0 Å². The molecule has 2 N–H and O–H groups in total. The molecule has 5 nitrogen and oxygen atoms in total. The van der Waals surface area contributed by atoms with E-state index >= 15 is 0 Å². The lowest BCUT2D eigenvalue weighted by atomic mass is 9.95. The molecule has 0 saturated carbocycles. The molecule has 0 aliphatic rings. The molecular formula is C15H22N2O3S. The van der Waals surface area contributed by atoms with Crippen LogP contribution in [-0.4, -0.2) is 25.7 Å². The third-order valence-electron chi connectivity index (χ3n) is 2.96. The minimum atomic E-state index is -3.52. The van der Waals surface area contributed by atoms with E-state index in [2.05, 4.69) is 4.72 Å². The third kappa shape index (κ3) is 6.71. The standard InChI is InChI=1S/C15H22N2O3S/c1-12(2)8-15(3,18)11-17-21(19,20)10-14-6-4-13(9-16)5-7-14/h4-7,12,17-18H,8,10-11H2,1-3H3. The third-order valence-corrected chi connectivity index (χ3v) is 4.26. The van der Waals surface area contributed by atoms with Crippen LogP contribution in [0, 0.1) is 17.2 Å². The first-order chi connectivity index (χ1) is 9.63. The van der Waals surface area contributed by atoms with Crippen LogP contribution < -0.4 is 4.72 Å². The molecule has 0 amide bonds. The topological polar surface area (TPSA) is 90.2 Å². The fourth-order valence-corrected chi connectivity index (χ4v) is 3.43. The lowest BCUT2D eigenvalue weighted by Gasteiger charge is -2.25. The van der Waals surface area contributed by atoms with E-state index < -0.39 is 15.6 Å². The largest absolute Gasteiger partial charge is 0.389 e. The molecule has 1 unspecified atom stereocenters.